The highest BCUT2D eigenvalue weighted by atomic mass is 16.6. The van der Waals surface area contributed by atoms with Crippen LogP contribution in [-0.4, -0.2) is 37.2 Å². The summed E-state index contributed by atoms with van der Waals surface area (Å²) in [6.07, 6.45) is 62.9. The molecule has 0 bridgehead atoms. The van der Waals surface area contributed by atoms with E-state index in [1.165, 1.54) is 51.4 Å². The smallest absolute Gasteiger partial charge is 0.306 e. The normalized spacial score (nSPS) is 12.8. The van der Waals surface area contributed by atoms with E-state index in [2.05, 4.69) is 106 Å². The Kier molecular flexibility index (Phi) is 46.5. The van der Waals surface area contributed by atoms with Crippen molar-refractivity contribution in [2.24, 2.45) is 0 Å². The molecule has 0 amide bonds. The minimum atomic E-state index is -0.789. The summed E-state index contributed by atoms with van der Waals surface area (Å²) in [7, 11) is 0. The van der Waals surface area contributed by atoms with Crippen LogP contribution < -0.4 is 0 Å². The van der Waals surface area contributed by atoms with Gasteiger partial charge in [-0.05, 0) is 96.3 Å². The standard InChI is InChI=1S/C55H92O6/c1-4-7-10-13-16-18-20-22-24-25-26-27-28-29-31-32-34-36-39-42-45-48-54(57)60-51-52(50-59-53(56)47-44-41-38-15-12-9-6-3)61-55(58)49-46-43-40-37-35-33-30-23-21-19-17-14-11-8-5-2/h7,10,16-19,22-24,26-27,29-31,52H,4-6,8-9,11-15,20-21,25,28,32-51H2,1-3H3/b10-7-,18-16-,19-17-,24-22-,27-26-,30-23-,31-29-. The predicted molar refractivity (Wildman–Crippen MR) is 261 cm³/mol. The minimum absolute atomic E-state index is 0.0889. The topological polar surface area (TPSA) is 78.9 Å². The maximum atomic E-state index is 12.7. The molecule has 0 aromatic rings. The first kappa shape index (κ1) is 57.6. The molecule has 6 nitrogen and oxygen atoms in total. The average Bonchev–Trinajstić information content (AvgIpc) is 3.26. The molecular formula is C55H92O6. The summed E-state index contributed by atoms with van der Waals surface area (Å²) in [4.78, 5) is 37.8. The van der Waals surface area contributed by atoms with Crippen molar-refractivity contribution in [2.45, 2.75) is 232 Å². The Labute approximate surface area is 375 Å². The molecule has 0 aromatic heterocycles. The molecule has 0 aliphatic heterocycles. The quantitative estimate of drug-likeness (QED) is 0.0263. The molecule has 1 unspecified atom stereocenters. The Hall–Kier alpha value is -3.41. The lowest BCUT2D eigenvalue weighted by atomic mass is 10.1. The third-order valence-electron chi connectivity index (χ3n) is 10.4. The zero-order valence-corrected chi connectivity index (χ0v) is 39.7. The molecule has 0 aliphatic rings. The lowest BCUT2D eigenvalue weighted by Gasteiger charge is -2.18. The van der Waals surface area contributed by atoms with Crippen molar-refractivity contribution < 1.29 is 28.6 Å². The number of allylic oxidation sites excluding steroid dienone is 14. The second-order valence-corrected chi connectivity index (χ2v) is 16.3. The highest BCUT2D eigenvalue weighted by Gasteiger charge is 2.19. The van der Waals surface area contributed by atoms with Crippen LogP contribution in [0, 0.1) is 0 Å². The first-order chi connectivity index (χ1) is 30.0. The van der Waals surface area contributed by atoms with Crippen molar-refractivity contribution in [3.63, 3.8) is 0 Å². The molecule has 0 N–H and O–H groups in total. The van der Waals surface area contributed by atoms with Gasteiger partial charge < -0.3 is 14.2 Å². The van der Waals surface area contributed by atoms with E-state index >= 15 is 0 Å². The SMILES string of the molecule is CC/C=C\C/C=C\C/C=C\C/C=C\C/C=C\CCCCCCCC(=O)OCC(COC(=O)CCCCCCCCC)OC(=O)CCCCCCC/C=C\C/C=C\CCCCC. The maximum absolute atomic E-state index is 12.7. The molecule has 0 saturated carbocycles. The van der Waals surface area contributed by atoms with Crippen molar-refractivity contribution in [3.05, 3.63) is 85.1 Å². The summed E-state index contributed by atoms with van der Waals surface area (Å²) in [5, 5.41) is 0. The summed E-state index contributed by atoms with van der Waals surface area (Å²) in [6, 6.07) is 0. The third kappa shape index (κ3) is 47.5. The molecule has 6 heteroatoms. The lowest BCUT2D eigenvalue weighted by molar-refractivity contribution is -0.167. The van der Waals surface area contributed by atoms with Crippen molar-refractivity contribution in [3.8, 4) is 0 Å². The van der Waals surface area contributed by atoms with E-state index in [1.807, 2.05) is 0 Å². The molecule has 61 heavy (non-hydrogen) atoms. The van der Waals surface area contributed by atoms with Crippen molar-refractivity contribution in [2.75, 3.05) is 13.2 Å². The summed E-state index contributed by atoms with van der Waals surface area (Å²) in [5.74, 6) is -0.932. The molecule has 348 valence electrons. The summed E-state index contributed by atoms with van der Waals surface area (Å²) in [6.45, 7) is 6.42. The molecule has 0 aliphatic carbocycles. The Morgan fingerprint density at radius 1 is 0.344 bits per heavy atom. The van der Waals surface area contributed by atoms with Crippen molar-refractivity contribution in [1.29, 1.82) is 0 Å². The van der Waals surface area contributed by atoms with Crippen LogP contribution in [0.2, 0.25) is 0 Å². The van der Waals surface area contributed by atoms with Gasteiger partial charge in [-0.1, -0.05) is 196 Å². The molecule has 0 radical (unpaired) electrons. The van der Waals surface area contributed by atoms with Gasteiger partial charge in [-0.15, -0.1) is 0 Å². The molecule has 0 aromatic carbocycles. The van der Waals surface area contributed by atoms with Crippen LogP contribution in [0.4, 0.5) is 0 Å². The highest BCUT2D eigenvalue weighted by Crippen LogP contribution is 2.13. The van der Waals surface area contributed by atoms with E-state index in [9.17, 15) is 14.4 Å². The Morgan fingerprint density at radius 3 is 1.03 bits per heavy atom. The number of rotatable bonds is 44. The fraction of sp³-hybridized carbons (Fsp3) is 0.691. The van der Waals surface area contributed by atoms with E-state index < -0.39 is 6.10 Å². The number of hydrogen-bond acceptors (Lipinski definition) is 6. The van der Waals surface area contributed by atoms with Crippen LogP contribution in [0.3, 0.4) is 0 Å². The number of unbranched alkanes of at least 4 members (excludes halogenated alkanes) is 19. The van der Waals surface area contributed by atoms with Gasteiger partial charge in [0, 0.05) is 19.3 Å². The van der Waals surface area contributed by atoms with Crippen molar-refractivity contribution in [1.82, 2.24) is 0 Å². The van der Waals surface area contributed by atoms with E-state index in [0.29, 0.717) is 19.3 Å². The van der Waals surface area contributed by atoms with Crippen LogP contribution >= 0.6 is 0 Å². The maximum Gasteiger partial charge on any atom is 0.306 e. The number of carbonyl (C=O) groups excluding carboxylic acids is 3. The summed E-state index contributed by atoms with van der Waals surface area (Å²) >= 11 is 0. The monoisotopic (exact) mass is 849 g/mol. The van der Waals surface area contributed by atoms with Crippen LogP contribution in [0.25, 0.3) is 0 Å². The second kappa shape index (κ2) is 49.2. The van der Waals surface area contributed by atoms with E-state index in [0.717, 1.165) is 135 Å². The zero-order chi connectivity index (χ0) is 44.4. The van der Waals surface area contributed by atoms with Crippen LogP contribution in [0.5, 0.6) is 0 Å². The van der Waals surface area contributed by atoms with E-state index in [-0.39, 0.29) is 31.1 Å². The molecule has 1 atom stereocenters. The van der Waals surface area contributed by atoms with Gasteiger partial charge in [0.2, 0.25) is 0 Å². The molecule has 0 rings (SSSR count). The van der Waals surface area contributed by atoms with Crippen LogP contribution in [0.1, 0.15) is 226 Å². The van der Waals surface area contributed by atoms with Gasteiger partial charge >= 0.3 is 17.9 Å². The minimum Gasteiger partial charge on any atom is -0.462 e. The second-order valence-electron chi connectivity index (χ2n) is 16.3. The van der Waals surface area contributed by atoms with Gasteiger partial charge in [0.1, 0.15) is 13.2 Å². The fourth-order valence-corrected chi connectivity index (χ4v) is 6.61. The number of esters is 3. The van der Waals surface area contributed by atoms with Gasteiger partial charge in [-0.25, -0.2) is 0 Å². The van der Waals surface area contributed by atoms with Crippen LogP contribution in [-0.2, 0) is 28.6 Å². The third-order valence-corrected chi connectivity index (χ3v) is 10.4. The van der Waals surface area contributed by atoms with Crippen LogP contribution in [0.15, 0.2) is 85.1 Å². The number of carbonyl (C=O) groups is 3. The summed E-state index contributed by atoms with van der Waals surface area (Å²) < 4.78 is 16.7. The molecule has 0 saturated heterocycles. The lowest BCUT2D eigenvalue weighted by Crippen LogP contribution is -2.30. The Morgan fingerprint density at radius 2 is 0.639 bits per heavy atom. The fourth-order valence-electron chi connectivity index (χ4n) is 6.61. The van der Waals surface area contributed by atoms with Gasteiger partial charge in [-0.2, -0.15) is 0 Å². The predicted octanol–water partition coefficient (Wildman–Crippen LogP) is 16.4. The molecule has 0 fully saturated rings. The van der Waals surface area contributed by atoms with Gasteiger partial charge in [0.15, 0.2) is 6.10 Å². The van der Waals surface area contributed by atoms with Crippen molar-refractivity contribution >= 4 is 17.9 Å². The van der Waals surface area contributed by atoms with Gasteiger partial charge in [0.05, 0.1) is 0 Å². The first-order valence-electron chi connectivity index (χ1n) is 25.1. The van der Waals surface area contributed by atoms with E-state index in [1.54, 1.807) is 0 Å². The number of ether oxygens (including phenoxy) is 3. The Bertz CT molecular complexity index is 1200. The molecular weight excluding hydrogens is 757 g/mol. The molecule has 0 spiro atoms. The number of hydrogen-bond donors (Lipinski definition) is 0. The average molecular weight is 849 g/mol. The first-order valence-corrected chi connectivity index (χ1v) is 25.1. The highest BCUT2D eigenvalue weighted by molar-refractivity contribution is 5.71. The largest absolute Gasteiger partial charge is 0.462 e. The summed E-state index contributed by atoms with van der Waals surface area (Å²) in [5.41, 5.74) is 0. The molecule has 0 heterocycles. The Balaban J connectivity index is 4.33. The van der Waals surface area contributed by atoms with Gasteiger partial charge in [-0.3, -0.25) is 14.4 Å². The van der Waals surface area contributed by atoms with Gasteiger partial charge in [0.25, 0.3) is 0 Å². The zero-order valence-electron chi connectivity index (χ0n) is 39.7. The van der Waals surface area contributed by atoms with E-state index in [4.69, 9.17) is 14.2 Å².